The predicted molar refractivity (Wildman–Crippen MR) is 86.4 cm³/mol. The Morgan fingerprint density at radius 3 is 2.71 bits per heavy atom. The standard InChI is InChI=1S/C14H17N3O2S2/c15-13-5-1-2-6-14(13)20-8-9-21(18,19)17-11-12-4-3-7-16-10-12/h1-7,10,17H,8-9,11,15H2. The van der Waals surface area contributed by atoms with Crippen molar-refractivity contribution < 1.29 is 8.42 Å². The van der Waals surface area contributed by atoms with Crippen molar-refractivity contribution in [1.29, 1.82) is 0 Å². The van der Waals surface area contributed by atoms with Crippen molar-refractivity contribution in [3.8, 4) is 0 Å². The quantitative estimate of drug-likeness (QED) is 0.600. The molecule has 2 rings (SSSR count). The molecule has 0 saturated carbocycles. The van der Waals surface area contributed by atoms with Crippen LogP contribution in [-0.2, 0) is 16.6 Å². The molecule has 112 valence electrons. The summed E-state index contributed by atoms with van der Waals surface area (Å²) in [6, 6.07) is 11.0. The zero-order chi connectivity index (χ0) is 15.1. The van der Waals surface area contributed by atoms with Gasteiger partial charge in [-0.3, -0.25) is 4.98 Å². The summed E-state index contributed by atoms with van der Waals surface area (Å²) in [5.41, 5.74) is 7.32. The Labute approximate surface area is 129 Å². The first-order valence-corrected chi connectivity index (χ1v) is 9.04. The second-order valence-electron chi connectivity index (χ2n) is 4.39. The number of sulfonamides is 1. The molecule has 0 fully saturated rings. The molecule has 0 amide bonds. The van der Waals surface area contributed by atoms with Crippen LogP contribution in [0.25, 0.3) is 0 Å². The molecule has 1 aromatic heterocycles. The Kier molecular flexibility index (Phi) is 5.60. The van der Waals surface area contributed by atoms with Crippen molar-refractivity contribution >= 4 is 27.5 Å². The number of aromatic nitrogens is 1. The maximum atomic E-state index is 11.9. The molecule has 0 spiro atoms. The summed E-state index contributed by atoms with van der Waals surface area (Å²) < 4.78 is 26.4. The number of pyridine rings is 1. The van der Waals surface area contributed by atoms with E-state index in [-0.39, 0.29) is 12.3 Å². The van der Waals surface area contributed by atoms with Gasteiger partial charge in [-0.15, -0.1) is 11.8 Å². The van der Waals surface area contributed by atoms with E-state index in [4.69, 9.17) is 5.73 Å². The lowest BCUT2D eigenvalue weighted by Crippen LogP contribution is -2.26. The topological polar surface area (TPSA) is 85.1 Å². The van der Waals surface area contributed by atoms with Gasteiger partial charge in [-0.1, -0.05) is 18.2 Å². The molecule has 3 N–H and O–H groups in total. The molecule has 0 bridgehead atoms. The molecule has 2 aromatic rings. The van der Waals surface area contributed by atoms with Crippen LogP contribution in [0.2, 0.25) is 0 Å². The molecule has 0 aliphatic rings. The molecule has 21 heavy (non-hydrogen) atoms. The average Bonchev–Trinajstić information content (AvgIpc) is 2.48. The van der Waals surface area contributed by atoms with E-state index in [0.29, 0.717) is 11.4 Å². The first-order chi connectivity index (χ1) is 10.1. The number of benzene rings is 1. The Bertz CT molecular complexity index is 676. The summed E-state index contributed by atoms with van der Waals surface area (Å²) >= 11 is 1.44. The van der Waals surface area contributed by atoms with Crippen LogP contribution < -0.4 is 10.5 Å². The highest BCUT2D eigenvalue weighted by atomic mass is 32.2. The average molecular weight is 323 g/mol. The highest BCUT2D eigenvalue weighted by Crippen LogP contribution is 2.24. The van der Waals surface area contributed by atoms with Gasteiger partial charge in [0.2, 0.25) is 10.0 Å². The van der Waals surface area contributed by atoms with E-state index in [0.717, 1.165) is 10.5 Å². The number of anilines is 1. The van der Waals surface area contributed by atoms with Crippen LogP contribution in [0.15, 0.2) is 53.7 Å². The zero-order valence-corrected chi connectivity index (χ0v) is 13.0. The van der Waals surface area contributed by atoms with Gasteiger partial charge in [0.25, 0.3) is 0 Å². The van der Waals surface area contributed by atoms with E-state index in [1.807, 2.05) is 24.3 Å². The molecular formula is C14H17N3O2S2. The van der Waals surface area contributed by atoms with E-state index in [1.165, 1.54) is 11.8 Å². The maximum absolute atomic E-state index is 11.9. The molecule has 1 heterocycles. The minimum absolute atomic E-state index is 0.0479. The largest absolute Gasteiger partial charge is 0.398 e. The van der Waals surface area contributed by atoms with Gasteiger partial charge in [0, 0.05) is 35.3 Å². The van der Waals surface area contributed by atoms with Gasteiger partial charge in [0.05, 0.1) is 5.75 Å². The summed E-state index contributed by atoms with van der Waals surface area (Å²) in [6.45, 7) is 0.258. The smallest absolute Gasteiger partial charge is 0.212 e. The minimum atomic E-state index is -3.30. The highest BCUT2D eigenvalue weighted by molar-refractivity contribution is 8.00. The summed E-state index contributed by atoms with van der Waals surface area (Å²) in [4.78, 5) is 4.85. The number of rotatable bonds is 7. The Morgan fingerprint density at radius 2 is 2.00 bits per heavy atom. The van der Waals surface area contributed by atoms with E-state index in [1.54, 1.807) is 24.5 Å². The van der Waals surface area contributed by atoms with Crippen LogP contribution in [0.4, 0.5) is 5.69 Å². The first kappa shape index (κ1) is 15.8. The number of nitrogen functional groups attached to an aromatic ring is 1. The van der Waals surface area contributed by atoms with Crippen LogP contribution in [0.3, 0.4) is 0 Å². The SMILES string of the molecule is Nc1ccccc1SCCS(=O)(=O)NCc1cccnc1. The third kappa shape index (κ3) is 5.37. The lowest BCUT2D eigenvalue weighted by Gasteiger charge is -2.07. The highest BCUT2D eigenvalue weighted by Gasteiger charge is 2.10. The summed E-state index contributed by atoms with van der Waals surface area (Å²) in [5.74, 6) is 0.503. The molecular weight excluding hydrogens is 306 g/mol. The van der Waals surface area contributed by atoms with Crippen molar-refractivity contribution in [2.75, 3.05) is 17.2 Å². The number of thioether (sulfide) groups is 1. The summed E-state index contributed by atoms with van der Waals surface area (Å²) in [6.07, 6.45) is 3.29. The Hall–Kier alpha value is -1.57. The fourth-order valence-corrected chi connectivity index (χ4v) is 4.01. The van der Waals surface area contributed by atoms with Gasteiger partial charge < -0.3 is 5.73 Å². The monoisotopic (exact) mass is 323 g/mol. The van der Waals surface area contributed by atoms with Crippen LogP contribution >= 0.6 is 11.8 Å². The van der Waals surface area contributed by atoms with Gasteiger partial charge in [-0.05, 0) is 23.8 Å². The van der Waals surface area contributed by atoms with Crippen LogP contribution in [0, 0.1) is 0 Å². The van der Waals surface area contributed by atoms with Crippen molar-refractivity contribution in [3.05, 3.63) is 54.4 Å². The second kappa shape index (κ2) is 7.44. The van der Waals surface area contributed by atoms with E-state index >= 15 is 0 Å². The third-order valence-electron chi connectivity index (χ3n) is 2.75. The second-order valence-corrected chi connectivity index (χ2v) is 7.45. The lowest BCUT2D eigenvalue weighted by molar-refractivity contribution is 0.583. The van der Waals surface area contributed by atoms with Crippen LogP contribution in [0.1, 0.15) is 5.56 Å². The van der Waals surface area contributed by atoms with E-state index < -0.39 is 10.0 Å². The van der Waals surface area contributed by atoms with Crippen molar-refractivity contribution in [2.24, 2.45) is 0 Å². The van der Waals surface area contributed by atoms with Gasteiger partial charge in [0.15, 0.2) is 0 Å². The van der Waals surface area contributed by atoms with Gasteiger partial charge in [-0.25, -0.2) is 13.1 Å². The van der Waals surface area contributed by atoms with Gasteiger partial charge >= 0.3 is 0 Å². The van der Waals surface area contributed by atoms with E-state index in [2.05, 4.69) is 9.71 Å². The number of nitrogens with two attached hydrogens (primary N) is 1. The Morgan fingerprint density at radius 1 is 1.19 bits per heavy atom. The van der Waals surface area contributed by atoms with Crippen molar-refractivity contribution in [3.63, 3.8) is 0 Å². The summed E-state index contributed by atoms with van der Waals surface area (Å²) in [5, 5.41) is 0. The van der Waals surface area contributed by atoms with Crippen LogP contribution in [-0.4, -0.2) is 24.9 Å². The molecule has 0 radical (unpaired) electrons. The van der Waals surface area contributed by atoms with Gasteiger partial charge in [-0.2, -0.15) is 0 Å². The lowest BCUT2D eigenvalue weighted by atomic mass is 10.3. The van der Waals surface area contributed by atoms with Crippen LogP contribution in [0.5, 0.6) is 0 Å². The fraction of sp³-hybridized carbons (Fsp3) is 0.214. The molecule has 5 nitrogen and oxygen atoms in total. The molecule has 0 saturated heterocycles. The van der Waals surface area contributed by atoms with Crippen molar-refractivity contribution in [1.82, 2.24) is 9.71 Å². The normalized spacial score (nSPS) is 11.4. The van der Waals surface area contributed by atoms with Crippen molar-refractivity contribution in [2.45, 2.75) is 11.4 Å². The molecule has 0 aliphatic heterocycles. The maximum Gasteiger partial charge on any atom is 0.212 e. The Balaban J connectivity index is 1.80. The van der Waals surface area contributed by atoms with E-state index in [9.17, 15) is 8.42 Å². The molecule has 0 aliphatic carbocycles. The number of nitrogens with zero attached hydrogens (tertiary/aromatic N) is 1. The number of hydrogen-bond donors (Lipinski definition) is 2. The predicted octanol–water partition coefficient (Wildman–Crippen LogP) is 1.88. The number of para-hydroxylation sites is 1. The molecule has 0 unspecified atom stereocenters. The fourth-order valence-electron chi connectivity index (χ4n) is 1.64. The minimum Gasteiger partial charge on any atom is -0.398 e. The third-order valence-corrected chi connectivity index (χ3v) is 5.42. The van der Waals surface area contributed by atoms with Gasteiger partial charge in [0.1, 0.15) is 0 Å². The summed E-state index contributed by atoms with van der Waals surface area (Å²) in [7, 11) is -3.30. The number of hydrogen-bond acceptors (Lipinski definition) is 5. The molecule has 7 heteroatoms. The zero-order valence-electron chi connectivity index (χ0n) is 11.4. The molecule has 1 aromatic carbocycles. The molecule has 0 atom stereocenters. The number of nitrogens with one attached hydrogen (secondary N) is 1. The first-order valence-electron chi connectivity index (χ1n) is 6.40.